The molecule has 3 heterocycles. The highest BCUT2D eigenvalue weighted by Crippen LogP contribution is 2.54. The molecule has 2 aliphatic carbocycles. The summed E-state index contributed by atoms with van der Waals surface area (Å²) in [5.41, 5.74) is 2.08. The third-order valence-electron chi connectivity index (χ3n) is 7.94. The summed E-state index contributed by atoms with van der Waals surface area (Å²) in [5.74, 6) is 1.22. The van der Waals surface area contributed by atoms with Crippen LogP contribution in [0.1, 0.15) is 55.8 Å². The lowest BCUT2D eigenvalue weighted by atomic mass is 9.93. The normalized spacial score (nSPS) is 24.3. The first-order valence-electron chi connectivity index (χ1n) is 12.9. The second kappa shape index (κ2) is 9.21. The van der Waals surface area contributed by atoms with Crippen LogP contribution >= 0.6 is 0 Å². The van der Waals surface area contributed by atoms with Crippen LogP contribution in [0.25, 0.3) is 0 Å². The van der Waals surface area contributed by atoms with Crippen LogP contribution in [0.5, 0.6) is 0 Å². The zero-order valence-electron chi connectivity index (χ0n) is 20.4. The molecule has 6 rings (SSSR count). The Bertz CT molecular complexity index is 1140. The molecule has 2 saturated carbocycles. The molecule has 4 aliphatic rings. The molecule has 1 N–H and O–H groups in total. The quantitative estimate of drug-likeness (QED) is 0.649. The molecule has 1 aromatic heterocycles. The summed E-state index contributed by atoms with van der Waals surface area (Å²) in [7, 11) is -0.997. The zero-order chi connectivity index (χ0) is 24.0. The van der Waals surface area contributed by atoms with Gasteiger partial charge in [-0.15, -0.1) is 0 Å². The molecular formula is C27H34N4O3S. The first kappa shape index (κ1) is 23.0. The molecule has 8 heteroatoms. The van der Waals surface area contributed by atoms with Crippen molar-refractivity contribution < 1.29 is 13.7 Å². The lowest BCUT2D eigenvalue weighted by Crippen LogP contribution is -2.41. The number of rotatable bonds is 6. The second-order valence-corrected chi connectivity index (χ2v) is 12.4. The number of carbonyl (C=O) groups is 1. The molecule has 2 aliphatic heterocycles. The minimum absolute atomic E-state index is 0.158. The number of carbonyl (C=O) groups excluding carboxylic acids is 1. The van der Waals surface area contributed by atoms with E-state index in [1.165, 1.54) is 25.7 Å². The Hall–Kier alpha value is -2.45. The topological polar surface area (TPSA) is 74.8 Å². The van der Waals surface area contributed by atoms with Crippen LogP contribution in [-0.2, 0) is 15.5 Å². The van der Waals surface area contributed by atoms with Gasteiger partial charge in [-0.2, -0.15) is 0 Å². The third kappa shape index (κ3) is 4.96. The minimum Gasteiger partial charge on any atom is -0.375 e. The highest BCUT2D eigenvalue weighted by atomic mass is 32.2. The maximum Gasteiger partial charge on any atom is 0.258 e. The van der Waals surface area contributed by atoms with Crippen molar-refractivity contribution in [2.24, 2.45) is 5.41 Å². The molecule has 2 saturated heterocycles. The summed E-state index contributed by atoms with van der Waals surface area (Å²) >= 11 is 0. The maximum absolute atomic E-state index is 13.5. The van der Waals surface area contributed by atoms with Crippen molar-refractivity contribution in [3.63, 3.8) is 0 Å². The Labute approximate surface area is 209 Å². The molecule has 2 unspecified atom stereocenters. The molecule has 2 atom stereocenters. The van der Waals surface area contributed by atoms with Crippen LogP contribution in [0, 0.1) is 5.41 Å². The van der Waals surface area contributed by atoms with Gasteiger partial charge in [-0.1, -0.05) is 6.07 Å². The molecule has 7 nitrogen and oxygen atoms in total. The maximum atomic E-state index is 13.5. The predicted molar refractivity (Wildman–Crippen MR) is 139 cm³/mol. The van der Waals surface area contributed by atoms with E-state index in [0.29, 0.717) is 23.4 Å². The third-order valence-corrected chi connectivity index (χ3v) is 9.73. The van der Waals surface area contributed by atoms with E-state index in [1.807, 2.05) is 36.4 Å². The van der Waals surface area contributed by atoms with Gasteiger partial charge in [-0.3, -0.25) is 9.00 Å². The van der Waals surface area contributed by atoms with Gasteiger partial charge in [-0.25, -0.2) is 4.98 Å². The zero-order valence-corrected chi connectivity index (χ0v) is 21.2. The first-order chi connectivity index (χ1) is 17.0. The van der Waals surface area contributed by atoms with Crippen LogP contribution in [-0.4, -0.2) is 59.2 Å². The van der Waals surface area contributed by atoms with Crippen LogP contribution < -0.4 is 15.1 Å². The van der Waals surface area contributed by atoms with Gasteiger partial charge in [0, 0.05) is 36.3 Å². The Morgan fingerprint density at radius 2 is 1.89 bits per heavy atom. The van der Waals surface area contributed by atoms with E-state index in [-0.39, 0.29) is 17.3 Å². The van der Waals surface area contributed by atoms with Gasteiger partial charge < -0.3 is 19.9 Å². The summed E-state index contributed by atoms with van der Waals surface area (Å²) in [6.45, 7) is 6.20. The van der Waals surface area contributed by atoms with Crippen molar-refractivity contribution in [2.75, 3.05) is 47.9 Å². The second-order valence-electron chi connectivity index (χ2n) is 10.6. The van der Waals surface area contributed by atoms with Gasteiger partial charge in [0.25, 0.3) is 5.91 Å². The average molecular weight is 495 g/mol. The number of benzene rings is 1. The summed E-state index contributed by atoms with van der Waals surface area (Å²) < 4.78 is 18.6. The van der Waals surface area contributed by atoms with E-state index in [9.17, 15) is 9.00 Å². The van der Waals surface area contributed by atoms with Crippen molar-refractivity contribution in [1.29, 1.82) is 0 Å². The van der Waals surface area contributed by atoms with Crippen LogP contribution in [0.15, 0.2) is 41.3 Å². The summed E-state index contributed by atoms with van der Waals surface area (Å²) in [6, 6.07) is 11.5. The molecule has 2 aromatic rings. The number of nitrogens with zero attached hydrogens (tertiary/aromatic N) is 3. The van der Waals surface area contributed by atoms with E-state index in [0.717, 1.165) is 55.4 Å². The van der Waals surface area contributed by atoms with E-state index < -0.39 is 10.8 Å². The number of amides is 1. The Kier molecular flexibility index (Phi) is 6.05. The van der Waals surface area contributed by atoms with Gasteiger partial charge in [0.05, 0.1) is 34.8 Å². The van der Waals surface area contributed by atoms with Gasteiger partial charge in [0.2, 0.25) is 0 Å². The number of nitrogens with one attached hydrogen (secondary N) is 1. The molecular weight excluding hydrogens is 460 g/mol. The number of anilines is 3. The Balaban J connectivity index is 1.24. The fraction of sp³-hybridized carbons (Fsp3) is 0.556. The number of hydrogen-bond acceptors (Lipinski definition) is 6. The molecule has 1 amide bonds. The van der Waals surface area contributed by atoms with Crippen molar-refractivity contribution in [2.45, 2.75) is 61.7 Å². The SMILES string of the molecule is CC1CN(c2cccc(NC(=O)c3ccc(S(=O)C4CC4)cc3N3CCC4(CC3)CC4)n2)CCO1. The van der Waals surface area contributed by atoms with Gasteiger partial charge in [0.1, 0.15) is 11.6 Å². The Morgan fingerprint density at radius 1 is 1.09 bits per heavy atom. The minimum atomic E-state index is -0.997. The Morgan fingerprint density at radius 3 is 2.60 bits per heavy atom. The predicted octanol–water partition coefficient (Wildman–Crippen LogP) is 4.21. The summed E-state index contributed by atoms with van der Waals surface area (Å²) in [5, 5.41) is 3.30. The van der Waals surface area contributed by atoms with Crippen LogP contribution in [0.4, 0.5) is 17.3 Å². The largest absolute Gasteiger partial charge is 0.375 e. The van der Waals surface area contributed by atoms with Crippen molar-refractivity contribution in [3.05, 3.63) is 42.0 Å². The molecule has 4 fully saturated rings. The van der Waals surface area contributed by atoms with E-state index in [4.69, 9.17) is 9.72 Å². The van der Waals surface area contributed by atoms with Crippen LogP contribution in [0.2, 0.25) is 0 Å². The van der Waals surface area contributed by atoms with Crippen molar-refractivity contribution >= 4 is 34.0 Å². The van der Waals surface area contributed by atoms with E-state index in [1.54, 1.807) is 0 Å². The highest BCUT2D eigenvalue weighted by molar-refractivity contribution is 7.86. The monoisotopic (exact) mass is 494 g/mol. The fourth-order valence-electron chi connectivity index (χ4n) is 5.34. The van der Waals surface area contributed by atoms with E-state index in [2.05, 4.69) is 22.0 Å². The molecule has 0 radical (unpaired) electrons. The number of aromatic nitrogens is 1. The summed E-state index contributed by atoms with van der Waals surface area (Å²) in [6.07, 6.45) is 7.23. The fourth-order valence-corrected chi connectivity index (χ4v) is 6.72. The van der Waals surface area contributed by atoms with E-state index >= 15 is 0 Å². The first-order valence-corrected chi connectivity index (χ1v) is 14.2. The van der Waals surface area contributed by atoms with Crippen molar-refractivity contribution in [1.82, 2.24) is 4.98 Å². The van der Waals surface area contributed by atoms with Crippen LogP contribution in [0.3, 0.4) is 0 Å². The lowest BCUT2D eigenvalue weighted by molar-refractivity contribution is 0.0529. The summed E-state index contributed by atoms with van der Waals surface area (Å²) in [4.78, 5) is 23.6. The number of morpholine rings is 1. The number of pyridine rings is 1. The van der Waals surface area contributed by atoms with Gasteiger partial charge >= 0.3 is 0 Å². The number of piperidine rings is 1. The molecule has 186 valence electrons. The standard InChI is InChI=1S/C27H34N4O3S/c1-19-18-31(15-16-34-19)25-4-2-3-24(28-25)29-26(32)22-8-7-21(35(33)20-5-6-20)17-23(22)30-13-11-27(9-10-27)12-14-30/h2-4,7-8,17,19-20H,5-6,9-16,18H2,1H3,(H,28,29,32). The number of ether oxygens (including phenoxy) is 1. The molecule has 0 bridgehead atoms. The van der Waals surface area contributed by atoms with Gasteiger partial charge in [0.15, 0.2) is 0 Å². The smallest absolute Gasteiger partial charge is 0.258 e. The lowest BCUT2D eigenvalue weighted by Gasteiger charge is -2.35. The van der Waals surface area contributed by atoms with Crippen molar-refractivity contribution in [3.8, 4) is 0 Å². The molecule has 35 heavy (non-hydrogen) atoms. The highest BCUT2D eigenvalue weighted by Gasteiger charge is 2.44. The van der Waals surface area contributed by atoms with Gasteiger partial charge in [-0.05, 0) is 81.2 Å². The average Bonchev–Trinajstić information content (AvgIpc) is 3.81. The molecule has 1 aromatic carbocycles. The molecule has 1 spiro atoms. The number of hydrogen-bond donors (Lipinski definition) is 1.